The molecule has 0 aromatic carbocycles. The van der Waals surface area contributed by atoms with Crippen LogP contribution in [0.3, 0.4) is 0 Å². The Hall–Kier alpha value is -1.19. The first-order valence-electron chi connectivity index (χ1n) is 3.54. The van der Waals surface area contributed by atoms with E-state index in [0.717, 1.165) is 0 Å². The Morgan fingerprint density at radius 1 is 1.64 bits per heavy atom. The molecule has 4 nitrogen and oxygen atoms in total. The molecule has 0 N–H and O–H groups in total. The highest BCUT2D eigenvalue weighted by atomic mass is 16.1. The highest BCUT2D eigenvalue weighted by Crippen LogP contribution is 2.05. The summed E-state index contributed by atoms with van der Waals surface area (Å²) in [5.74, 6) is 0.00343. The van der Waals surface area contributed by atoms with Crippen LogP contribution in [0.25, 0.3) is 0 Å². The quantitative estimate of drug-likeness (QED) is 0.597. The van der Waals surface area contributed by atoms with E-state index in [4.69, 9.17) is 0 Å². The van der Waals surface area contributed by atoms with Crippen molar-refractivity contribution >= 4 is 5.78 Å². The molecule has 4 heteroatoms. The predicted octanol–water partition coefficient (Wildman–Crippen LogP) is 1.06. The van der Waals surface area contributed by atoms with Gasteiger partial charge >= 0.3 is 0 Å². The molecule has 0 aliphatic rings. The molecule has 0 unspecified atom stereocenters. The summed E-state index contributed by atoms with van der Waals surface area (Å²) in [5.41, 5.74) is 0.569. The maximum Gasteiger partial charge on any atom is 0.179 e. The molecule has 0 saturated carbocycles. The van der Waals surface area contributed by atoms with Crippen molar-refractivity contribution in [3.8, 4) is 0 Å². The lowest BCUT2D eigenvalue weighted by Gasteiger charge is -2.05. The maximum atomic E-state index is 10.9. The number of carbonyl (C=O) groups is 1. The van der Waals surface area contributed by atoms with Gasteiger partial charge in [-0.2, -0.15) is 0 Å². The summed E-state index contributed by atoms with van der Waals surface area (Å²) < 4.78 is 1.61. The number of hydrogen-bond acceptors (Lipinski definition) is 3. The van der Waals surface area contributed by atoms with Crippen molar-refractivity contribution < 1.29 is 4.79 Å². The average molecular weight is 153 g/mol. The lowest BCUT2D eigenvalue weighted by Crippen LogP contribution is -2.10. The molecule has 0 saturated heterocycles. The summed E-state index contributed by atoms with van der Waals surface area (Å²) in [6.07, 6.45) is 1.49. The first-order valence-corrected chi connectivity index (χ1v) is 3.54. The van der Waals surface area contributed by atoms with Gasteiger partial charge in [0.25, 0.3) is 0 Å². The third-order valence-corrected chi connectivity index (χ3v) is 1.42. The highest BCUT2D eigenvalue weighted by molar-refractivity contribution is 5.91. The molecule has 0 radical (unpaired) electrons. The molecular formula is C7H11N3O. The van der Waals surface area contributed by atoms with Crippen LogP contribution in [0.2, 0.25) is 0 Å². The number of Topliss-reactive ketones (excluding diaryl/α,β-unsaturated/α-hetero) is 1. The number of carbonyl (C=O) groups excluding carboxylic acids is 1. The summed E-state index contributed by atoms with van der Waals surface area (Å²) >= 11 is 0. The average Bonchev–Trinajstić information content (AvgIpc) is 2.32. The van der Waals surface area contributed by atoms with E-state index in [1.807, 2.05) is 13.8 Å². The molecule has 1 rings (SSSR count). The van der Waals surface area contributed by atoms with Crippen LogP contribution in [0.5, 0.6) is 0 Å². The largest absolute Gasteiger partial charge is 0.293 e. The Morgan fingerprint density at radius 2 is 2.27 bits per heavy atom. The van der Waals surface area contributed by atoms with Crippen molar-refractivity contribution in [2.24, 2.45) is 0 Å². The fourth-order valence-electron chi connectivity index (χ4n) is 0.877. The maximum absolute atomic E-state index is 10.9. The van der Waals surface area contributed by atoms with Gasteiger partial charge in [-0.3, -0.25) is 4.79 Å². The number of ketones is 1. The van der Waals surface area contributed by atoms with Gasteiger partial charge in [-0.1, -0.05) is 5.21 Å². The molecule has 0 atom stereocenters. The number of aromatic nitrogens is 3. The van der Waals surface area contributed by atoms with Crippen LogP contribution in [0, 0.1) is 0 Å². The van der Waals surface area contributed by atoms with Crippen molar-refractivity contribution in [3.05, 3.63) is 11.9 Å². The first-order chi connectivity index (χ1) is 5.13. The molecule has 1 aromatic rings. The Morgan fingerprint density at radius 3 is 2.64 bits per heavy atom. The molecule has 0 bridgehead atoms. The molecule has 60 valence electrons. The lowest BCUT2D eigenvalue weighted by molar-refractivity contribution is 0.100. The van der Waals surface area contributed by atoms with Crippen LogP contribution in [0.1, 0.15) is 37.3 Å². The summed E-state index contributed by atoms with van der Waals surface area (Å²) in [7, 11) is 0. The van der Waals surface area contributed by atoms with Crippen LogP contribution in [0.15, 0.2) is 6.20 Å². The summed E-state index contributed by atoms with van der Waals surface area (Å²) in [6, 6.07) is 0.191. The van der Waals surface area contributed by atoms with Gasteiger partial charge in [-0.05, 0) is 13.8 Å². The summed E-state index contributed by atoms with van der Waals surface area (Å²) in [6.45, 7) is 5.43. The van der Waals surface area contributed by atoms with Crippen LogP contribution < -0.4 is 0 Å². The van der Waals surface area contributed by atoms with Gasteiger partial charge in [0.1, 0.15) is 5.69 Å². The second-order valence-corrected chi connectivity index (χ2v) is 2.71. The topological polar surface area (TPSA) is 47.8 Å². The summed E-state index contributed by atoms with van der Waals surface area (Å²) in [5, 5.41) is 7.44. The second-order valence-electron chi connectivity index (χ2n) is 2.71. The fraction of sp³-hybridized carbons (Fsp3) is 0.571. The molecule has 0 spiro atoms. The Labute approximate surface area is 65.2 Å². The Bertz CT molecular complexity index is 264. The van der Waals surface area contributed by atoms with Crippen molar-refractivity contribution in [1.29, 1.82) is 0 Å². The SMILES string of the molecule is CC(=O)c1cnnn1C(C)C. The standard InChI is InChI=1S/C7H11N3O/c1-5(2)10-7(6(3)11)4-8-9-10/h4-5H,1-3H3. The van der Waals surface area contributed by atoms with Crippen molar-refractivity contribution in [2.75, 3.05) is 0 Å². The second kappa shape index (κ2) is 2.82. The van der Waals surface area contributed by atoms with Crippen molar-refractivity contribution in [1.82, 2.24) is 15.0 Å². The summed E-state index contributed by atoms with van der Waals surface area (Å²) in [4.78, 5) is 10.9. The molecule has 0 aliphatic heterocycles. The van der Waals surface area contributed by atoms with Crippen LogP contribution >= 0.6 is 0 Å². The van der Waals surface area contributed by atoms with E-state index in [1.165, 1.54) is 13.1 Å². The Balaban J connectivity index is 3.06. The predicted molar refractivity (Wildman–Crippen MR) is 40.4 cm³/mol. The monoisotopic (exact) mass is 153 g/mol. The van der Waals surface area contributed by atoms with Crippen LogP contribution in [-0.2, 0) is 0 Å². The van der Waals surface area contributed by atoms with Gasteiger partial charge in [0.05, 0.1) is 6.20 Å². The third-order valence-electron chi connectivity index (χ3n) is 1.42. The minimum Gasteiger partial charge on any atom is -0.293 e. The zero-order chi connectivity index (χ0) is 8.43. The number of nitrogens with zero attached hydrogens (tertiary/aromatic N) is 3. The minimum absolute atomic E-state index is 0.00343. The Kier molecular flexibility index (Phi) is 2.03. The van der Waals surface area contributed by atoms with E-state index in [1.54, 1.807) is 4.68 Å². The zero-order valence-electron chi connectivity index (χ0n) is 6.90. The van der Waals surface area contributed by atoms with Gasteiger partial charge in [0.2, 0.25) is 0 Å². The molecular weight excluding hydrogens is 142 g/mol. The third kappa shape index (κ3) is 1.45. The molecule has 0 fully saturated rings. The van der Waals surface area contributed by atoms with Gasteiger partial charge in [-0.15, -0.1) is 5.10 Å². The van der Waals surface area contributed by atoms with Gasteiger partial charge in [-0.25, -0.2) is 4.68 Å². The molecule has 0 aliphatic carbocycles. The van der Waals surface area contributed by atoms with Gasteiger partial charge < -0.3 is 0 Å². The van der Waals surface area contributed by atoms with E-state index in [2.05, 4.69) is 10.3 Å². The van der Waals surface area contributed by atoms with E-state index in [9.17, 15) is 4.79 Å². The zero-order valence-corrected chi connectivity index (χ0v) is 6.90. The van der Waals surface area contributed by atoms with E-state index in [0.29, 0.717) is 5.69 Å². The van der Waals surface area contributed by atoms with E-state index >= 15 is 0 Å². The number of hydrogen-bond donors (Lipinski definition) is 0. The highest BCUT2D eigenvalue weighted by Gasteiger charge is 2.09. The van der Waals surface area contributed by atoms with Crippen LogP contribution in [-0.4, -0.2) is 20.8 Å². The molecule has 0 amide bonds. The number of rotatable bonds is 2. The molecule has 11 heavy (non-hydrogen) atoms. The molecule has 1 aromatic heterocycles. The normalized spacial score (nSPS) is 10.5. The minimum atomic E-state index is 0.00343. The lowest BCUT2D eigenvalue weighted by atomic mass is 10.3. The van der Waals surface area contributed by atoms with Crippen molar-refractivity contribution in [2.45, 2.75) is 26.8 Å². The molecule has 1 heterocycles. The smallest absolute Gasteiger partial charge is 0.179 e. The van der Waals surface area contributed by atoms with Crippen molar-refractivity contribution in [3.63, 3.8) is 0 Å². The fourth-order valence-corrected chi connectivity index (χ4v) is 0.877. The van der Waals surface area contributed by atoms with E-state index < -0.39 is 0 Å². The van der Waals surface area contributed by atoms with Gasteiger partial charge in [0, 0.05) is 13.0 Å². The van der Waals surface area contributed by atoms with Gasteiger partial charge in [0.15, 0.2) is 5.78 Å². The van der Waals surface area contributed by atoms with Crippen LogP contribution in [0.4, 0.5) is 0 Å². The van der Waals surface area contributed by atoms with E-state index in [-0.39, 0.29) is 11.8 Å². The first kappa shape index (κ1) is 7.91.